The monoisotopic (exact) mass is 372 g/mol. The van der Waals surface area contributed by atoms with Crippen LogP contribution in [-0.4, -0.2) is 20.2 Å². The molecule has 1 aromatic carbocycles. The third-order valence-electron chi connectivity index (χ3n) is 3.56. The summed E-state index contributed by atoms with van der Waals surface area (Å²) in [6.45, 7) is 1.89. The fourth-order valence-electron chi connectivity index (χ4n) is 2.29. The third kappa shape index (κ3) is 3.35. The van der Waals surface area contributed by atoms with E-state index in [1.54, 1.807) is 29.5 Å². The molecule has 126 valence electrons. The molecule has 0 fully saturated rings. The first-order valence-corrected chi connectivity index (χ1v) is 9.37. The van der Waals surface area contributed by atoms with E-state index in [9.17, 15) is 4.39 Å². The molecule has 4 aromatic rings. The Hall–Kier alpha value is -2.45. The Morgan fingerprint density at radius 2 is 2.08 bits per heavy atom. The summed E-state index contributed by atoms with van der Waals surface area (Å²) >= 11 is 3.01. The minimum Gasteiger partial charge on any atom is -0.440 e. The molecule has 3 aromatic heterocycles. The second kappa shape index (κ2) is 6.81. The zero-order valence-corrected chi connectivity index (χ0v) is 14.8. The molecule has 0 saturated carbocycles. The summed E-state index contributed by atoms with van der Waals surface area (Å²) in [5.41, 5.74) is 1.25. The van der Waals surface area contributed by atoms with Crippen molar-refractivity contribution >= 4 is 23.1 Å². The standard InChI is InChI=1S/C17H13FN4OS2/c1-10-13(19-16(23-10)14-7-4-8-24-14)9-25-17-20-15(21-22-17)11-5-2-3-6-12(11)18/h2-8H,9H2,1H3,(H,20,21,22). The minimum atomic E-state index is -0.330. The van der Waals surface area contributed by atoms with Crippen molar-refractivity contribution in [3.63, 3.8) is 0 Å². The average Bonchev–Trinajstić information content (AvgIpc) is 3.34. The van der Waals surface area contributed by atoms with Gasteiger partial charge in [-0.2, -0.15) is 0 Å². The molecule has 0 aliphatic heterocycles. The number of nitrogens with zero attached hydrogens (tertiary/aromatic N) is 3. The van der Waals surface area contributed by atoms with Gasteiger partial charge in [0.1, 0.15) is 11.6 Å². The van der Waals surface area contributed by atoms with Crippen LogP contribution in [0.4, 0.5) is 4.39 Å². The maximum Gasteiger partial charge on any atom is 0.236 e. The molecular weight excluding hydrogens is 359 g/mol. The number of nitrogens with one attached hydrogen (secondary N) is 1. The highest BCUT2D eigenvalue weighted by Crippen LogP contribution is 2.29. The van der Waals surface area contributed by atoms with Crippen molar-refractivity contribution < 1.29 is 8.81 Å². The number of rotatable bonds is 5. The largest absolute Gasteiger partial charge is 0.440 e. The van der Waals surface area contributed by atoms with Gasteiger partial charge in [-0.1, -0.05) is 30.0 Å². The number of aromatic nitrogens is 4. The lowest BCUT2D eigenvalue weighted by molar-refractivity contribution is 0.542. The minimum absolute atomic E-state index is 0.330. The van der Waals surface area contributed by atoms with Crippen molar-refractivity contribution in [3.05, 3.63) is 59.0 Å². The molecule has 0 aliphatic rings. The number of benzene rings is 1. The molecule has 3 heterocycles. The van der Waals surface area contributed by atoms with Crippen LogP contribution < -0.4 is 0 Å². The van der Waals surface area contributed by atoms with Gasteiger partial charge >= 0.3 is 0 Å². The van der Waals surface area contributed by atoms with Gasteiger partial charge in [0, 0.05) is 5.75 Å². The molecule has 0 amide bonds. The zero-order valence-electron chi connectivity index (χ0n) is 13.2. The maximum absolute atomic E-state index is 13.8. The Balaban J connectivity index is 1.48. The number of hydrogen-bond acceptors (Lipinski definition) is 6. The second-order valence-corrected chi connectivity index (χ2v) is 7.12. The molecule has 0 radical (unpaired) electrons. The third-order valence-corrected chi connectivity index (χ3v) is 5.27. The van der Waals surface area contributed by atoms with Gasteiger partial charge < -0.3 is 4.42 Å². The van der Waals surface area contributed by atoms with Crippen LogP contribution in [0.3, 0.4) is 0 Å². The summed E-state index contributed by atoms with van der Waals surface area (Å²) in [6, 6.07) is 10.4. The molecule has 25 heavy (non-hydrogen) atoms. The van der Waals surface area contributed by atoms with Gasteiger partial charge in [-0.25, -0.2) is 14.4 Å². The molecule has 1 N–H and O–H groups in total. The van der Waals surface area contributed by atoms with Crippen molar-refractivity contribution in [1.82, 2.24) is 20.2 Å². The van der Waals surface area contributed by atoms with E-state index in [4.69, 9.17) is 4.42 Å². The summed E-state index contributed by atoms with van der Waals surface area (Å²) in [5, 5.41) is 9.44. The molecule has 0 spiro atoms. The van der Waals surface area contributed by atoms with E-state index >= 15 is 0 Å². The molecule has 8 heteroatoms. The van der Waals surface area contributed by atoms with Gasteiger partial charge in [-0.3, -0.25) is 5.10 Å². The number of hydrogen-bond donors (Lipinski definition) is 1. The molecule has 4 rings (SSSR count). The Kier molecular flexibility index (Phi) is 4.37. The number of aryl methyl sites for hydroxylation is 1. The van der Waals surface area contributed by atoms with Crippen molar-refractivity contribution in [2.75, 3.05) is 0 Å². The van der Waals surface area contributed by atoms with Gasteiger partial charge in [0.2, 0.25) is 11.0 Å². The predicted octanol–water partition coefficient (Wildman–Crippen LogP) is 4.93. The highest BCUT2D eigenvalue weighted by molar-refractivity contribution is 7.98. The number of thioether (sulfide) groups is 1. The molecule has 5 nitrogen and oxygen atoms in total. The number of thiophene rings is 1. The lowest BCUT2D eigenvalue weighted by Crippen LogP contribution is -1.86. The second-order valence-electron chi connectivity index (χ2n) is 5.23. The van der Waals surface area contributed by atoms with E-state index in [-0.39, 0.29) is 5.82 Å². The van der Waals surface area contributed by atoms with Gasteiger partial charge in [-0.05, 0) is 30.5 Å². The first kappa shape index (κ1) is 16.0. The fourth-order valence-corrected chi connectivity index (χ4v) is 3.73. The first-order chi connectivity index (χ1) is 12.2. The molecule has 0 saturated heterocycles. The maximum atomic E-state index is 13.8. The normalized spacial score (nSPS) is 11.1. The smallest absolute Gasteiger partial charge is 0.236 e. The summed E-state index contributed by atoms with van der Waals surface area (Å²) in [4.78, 5) is 9.89. The zero-order chi connectivity index (χ0) is 17.2. The quantitative estimate of drug-likeness (QED) is 0.503. The SMILES string of the molecule is Cc1oc(-c2cccs2)nc1CSc1n[nH]c(-c2ccccc2F)n1. The van der Waals surface area contributed by atoms with Gasteiger partial charge in [-0.15, -0.1) is 16.4 Å². The number of aromatic amines is 1. The van der Waals surface area contributed by atoms with Gasteiger partial charge in [0.25, 0.3) is 0 Å². The van der Waals surface area contributed by atoms with Gasteiger partial charge in [0.15, 0.2) is 5.82 Å². The summed E-state index contributed by atoms with van der Waals surface area (Å²) in [6.07, 6.45) is 0. The van der Waals surface area contributed by atoms with Crippen LogP contribution in [0.25, 0.3) is 22.2 Å². The van der Waals surface area contributed by atoms with Crippen molar-refractivity contribution in [3.8, 4) is 22.2 Å². The van der Waals surface area contributed by atoms with Gasteiger partial charge in [0.05, 0.1) is 16.1 Å². The number of halogens is 1. The van der Waals surface area contributed by atoms with E-state index in [0.29, 0.717) is 28.2 Å². The van der Waals surface area contributed by atoms with Crippen LogP contribution in [0.2, 0.25) is 0 Å². The average molecular weight is 372 g/mol. The highest BCUT2D eigenvalue weighted by atomic mass is 32.2. The summed E-state index contributed by atoms with van der Waals surface area (Å²) < 4.78 is 19.5. The Labute approximate surface area is 151 Å². The Morgan fingerprint density at radius 1 is 1.20 bits per heavy atom. The Bertz CT molecular complexity index is 994. The van der Waals surface area contributed by atoms with Crippen LogP contribution in [0, 0.1) is 12.7 Å². The lowest BCUT2D eigenvalue weighted by Gasteiger charge is -1.96. The number of oxazole rings is 1. The molecule has 0 atom stereocenters. The van der Waals surface area contributed by atoms with Crippen LogP contribution in [0.15, 0.2) is 51.4 Å². The topological polar surface area (TPSA) is 67.6 Å². The van der Waals surface area contributed by atoms with E-state index in [1.165, 1.54) is 17.8 Å². The van der Waals surface area contributed by atoms with E-state index in [2.05, 4.69) is 20.2 Å². The van der Waals surface area contributed by atoms with Crippen LogP contribution in [-0.2, 0) is 5.75 Å². The summed E-state index contributed by atoms with van der Waals surface area (Å²) in [7, 11) is 0. The number of H-pyrrole nitrogens is 1. The fraction of sp³-hybridized carbons (Fsp3) is 0.118. The van der Waals surface area contributed by atoms with Crippen molar-refractivity contribution in [2.45, 2.75) is 17.8 Å². The van der Waals surface area contributed by atoms with Crippen LogP contribution >= 0.6 is 23.1 Å². The lowest BCUT2D eigenvalue weighted by atomic mass is 10.2. The predicted molar refractivity (Wildman–Crippen MR) is 95.9 cm³/mol. The highest BCUT2D eigenvalue weighted by Gasteiger charge is 2.14. The molecule has 0 aliphatic carbocycles. The van der Waals surface area contributed by atoms with Crippen molar-refractivity contribution in [1.29, 1.82) is 0 Å². The van der Waals surface area contributed by atoms with Crippen LogP contribution in [0.5, 0.6) is 0 Å². The molecule has 0 unspecified atom stereocenters. The van der Waals surface area contributed by atoms with E-state index in [0.717, 1.165) is 16.3 Å². The Morgan fingerprint density at radius 3 is 2.88 bits per heavy atom. The molecular formula is C17H13FN4OS2. The van der Waals surface area contributed by atoms with E-state index in [1.807, 2.05) is 24.4 Å². The first-order valence-electron chi connectivity index (χ1n) is 7.51. The van der Waals surface area contributed by atoms with Crippen LogP contribution in [0.1, 0.15) is 11.5 Å². The summed E-state index contributed by atoms with van der Waals surface area (Å²) in [5.74, 6) is 2.07. The van der Waals surface area contributed by atoms with Crippen molar-refractivity contribution in [2.24, 2.45) is 0 Å². The van der Waals surface area contributed by atoms with E-state index < -0.39 is 0 Å². The molecule has 0 bridgehead atoms.